The minimum absolute atomic E-state index is 0.451. The molecule has 2 heteroatoms. The van der Waals surface area contributed by atoms with Gasteiger partial charge in [0.1, 0.15) is 0 Å². The molecule has 0 spiro atoms. The molecule has 1 aromatic rings. The standard InChI is InChI=1S/C17H28N2/c1-5-10-19(15-8-9-15)12-17(18-4)16-11-13(2)6-7-14(16)3/h6-7,11,15,17-18H,5,8-10,12H2,1-4H3. The van der Waals surface area contributed by atoms with Crippen LogP contribution in [-0.2, 0) is 0 Å². The van der Waals surface area contributed by atoms with Crippen LogP contribution in [0.15, 0.2) is 18.2 Å². The van der Waals surface area contributed by atoms with Crippen molar-refractivity contribution in [1.82, 2.24) is 10.2 Å². The van der Waals surface area contributed by atoms with E-state index in [2.05, 4.69) is 56.2 Å². The van der Waals surface area contributed by atoms with Gasteiger partial charge in [0, 0.05) is 18.6 Å². The van der Waals surface area contributed by atoms with Gasteiger partial charge in [-0.15, -0.1) is 0 Å². The fourth-order valence-electron chi connectivity index (χ4n) is 2.86. The number of nitrogens with one attached hydrogen (secondary N) is 1. The molecular formula is C17H28N2. The zero-order valence-electron chi connectivity index (χ0n) is 12.9. The Balaban J connectivity index is 2.11. The highest BCUT2D eigenvalue weighted by atomic mass is 15.2. The molecule has 106 valence electrons. The monoisotopic (exact) mass is 260 g/mol. The van der Waals surface area contributed by atoms with E-state index in [1.54, 1.807) is 0 Å². The van der Waals surface area contributed by atoms with E-state index in [0.29, 0.717) is 6.04 Å². The van der Waals surface area contributed by atoms with Gasteiger partial charge in [-0.25, -0.2) is 0 Å². The highest BCUT2D eigenvalue weighted by molar-refractivity contribution is 5.33. The van der Waals surface area contributed by atoms with Crippen LogP contribution in [0.25, 0.3) is 0 Å². The van der Waals surface area contributed by atoms with Crippen molar-refractivity contribution in [2.45, 2.75) is 52.1 Å². The van der Waals surface area contributed by atoms with Crippen molar-refractivity contribution in [3.63, 3.8) is 0 Å². The maximum Gasteiger partial charge on any atom is 0.0449 e. The third-order valence-corrected chi connectivity index (χ3v) is 4.15. The first kappa shape index (κ1) is 14.5. The molecule has 19 heavy (non-hydrogen) atoms. The zero-order chi connectivity index (χ0) is 13.8. The van der Waals surface area contributed by atoms with Crippen LogP contribution in [0, 0.1) is 13.8 Å². The first-order valence-corrected chi connectivity index (χ1v) is 7.64. The van der Waals surface area contributed by atoms with Crippen molar-refractivity contribution in [1.29, 1.82) is 0 Å². The zero-order valence-corrected chi connectivity index (χ0v) is 12.9. The van der Waals surface area contributed by atoms with E-state index in [4.69, 9.17) is 0 Å². The second kappa shape index (κ2) is 6.53. The van der Waals surface area contributed by atoms with Crippen LogP contribution in [0.5, 0.6) is 0 Å². The summed E-state index contributed by atoms with van der Waals surface area (Å²) in [5.74, 6) is 0. The van der Waals surface area contributed by atoms with Crippen molar-refractivity contribution >= 4 is 0 Å². The van der Waals surface area contributed by atoms with Crippen LogP contribution in [0.4, 0.5) is 0 Å². The van der Waals surface area contributed by atoms with Crippen LogP contribution >= 0.6 is 0 Å². The van der Waals surface area contributed by atoms with Gasteiger partial charge in [-0.05, 0) is 57.8 Å². The van der Waals surface area contributed by atoms with E-state index in [1.807, 2.05) is 0 Å². The van der Waals surface area contributed by atoms with Gasteiger partial charge in [-0.2, -0.15) is 0 Å². The number of aryl methyl sites for hydroxylation is 2. The lowest BCUT2D eigenvalue weighted by Gasteiger charge is -2.28. The molecule has 1 N–H and O–H groups in total. The summed E-state index contributed by atoms with van der Waals surface area (Å²) >= 11 is 0. The van der Waals surface area contributed by atoms with E-state index in [0.717, 1.165) is 12.6 Å². The van der Waals surface area contributed by atoms with Crippen molar-refractivity contribution in [3.05, 3.63) is 34.9 Å². The minimum Gasteiger partial charge on any atom is -0.312 e. The van der Waals surface area contributed by atoms with Crippen molar-refractivity contribution in [2.75, 3.05) is 20.1 Å². The second-order valence-electron chi connectivity index (χ2n) is 5.93. The molecule has 0 amide bonds. The van der Waals surface area contributed by atoms with Crippen molar-refractivity contribution < 1.29 is 0 Å². The van der Waals surface area contributed by atoms with E-state index in [9.17, 15) is 0 Å². The van der Waals surface area contributed by atoms with Crippen LogP contribution in [0.1, 0.15) is 48.9 Å². The average molecular weight is 260 g/mol. The molecule has 0 aromatic heterocycles. The molecule has 1 aliphatic carbocycles. The lowest BCUT2D eigenvalue weighted by atomic mass is 9.98. The highest BCUT2D eigenvalue weighted by Crippen LogP contribution is 2.29. The fourth-order valence-corrected chi connectivity index (χ4v) is 2.86. The Morgan fingerprint density at radius 2 is 2.05 bits per heavy atom. The molecule has 1 fully saturated rings. The maximum absolute atomic E-state index is 3.52. The predicted molar refractivity (Wildman–Crippen MR) is 82.6 cm³/mol. The Hall–Kier alpha value is -0.860. The van der Waals surface area contributed by atoms with Crippen LogP contribution < -0.4 is 5.32 Å². The number of rotatable bonds is 7. The summed E-state index contributed by atoms with van der Waals surface area (Å²) in [5, 5.41) is 3.52. The van der Waals surface area contributed by atoms with Gasteiger partial charge in [0.25, 0.3) is 0 Å². The van der Waals surface area contributed by atoms with Gasteiger partial charge in [-0.1, -0.05) is 30.7 Å². The predicted octanol–water partition coefficient (Wildman–Crippen LogP) is 3.44. The maximum atomic E-state index is 3.52. The second-order valence-corrected chi connectivity index (χ2v) is 5.93. The number of hydrogen-bond donors (Lipinski definition) is 1. The van der Waals surface area contributed by atoms with Gasteiger partial charge in [0.15, 0.2) is 0 Å². The number of likely N-dealkylation sites (N-methyl/N-ethyl adjacent to an activating group) is 1. The molecule has 1 unspecified atom stereocenters. The molecule has 2 rings (SSSR count). The molecule has 1 atom stereocenters. The smallest absolute Gasteiger partial charge is 0.0449 e. The summed E-state index contributed by atoms with van der Waals surface area (Å²) in [6, 6.07) is 8.09. The molecular weight excluding hydrogens is 232 g/mol. The molecule has 0 radical (unpaired) electrons. The van der Waals surface area contributed by atoms with Gasteiger partial charge in [-0.3, -0.25) is 4.90 Å². The number of benzene rings is 1. The minimum atomic E-state index is 0.451. The summed E-state index contributed by atoms with van der Waals surface area (Å²) < 4.78 is 0. The average Bonchev–Trinajstić information content (AvgIpc) is 3.22. The lowest BCUT2D eigenvalue weighted by Crippen LogP contribution is -2.36. The lowest BCUT2D eigenvalue weighted by molar-refractivity contribution is 0.237. The highest BCUT2D eigenvalue weighted by Gasteiger charge is 2.30. The molecule has 2 nitrogen and oxygen atoms in total. The summed E-state index contributed by atoms with van der Waals surface area (Å²) in [5.41, 5.74) is 4.22. The van der Waals surface area contributed by atoms with Crippen LogP contribution in [-0.4, -0.2) is 31.1 Å². The van der Waals surface area contributed by atoms with Gasteiger partial charge >= 0.3 is 0 Å². The molecule has 0 heterocycles. The van der Waals surface area contributed by atoms with Crippen LogP contribution in [0.2, 0.25) is 0 Å². The molecule has 1 saturated carbocycles. The molecule has 0 bridgehead atoms. The van der Waals surface area contributed by atoms with Gasteiger partial charge < -0.3 is 5.32 Å². The molecule has 0 aliphatic heterocycles. The van der Waals surface area contributed by atoms with E-state index >= 15 is 0 Å². The Kier molecular flexibility index (Phi) is 5.00. The third kappa shape index (κ3) is 3.80. The Morgan fingerprint density at radius 3 is 2.63 bits per heavy atom. The number of hydrogen-bond acceptors (Lipinski definition) is 2. The topological polar surface area (TPSA) is 15.3 Å². The summed E-state index contributed by atoms with van der Waals surface area (Å²) in [4.78, 5) is 2.67. The quantitative estimate of drug-likeness (QED) is 0.808. The van der Waals surface area contributed by atoms with Crippen molar-refractivity contribution in [3.8, 4) is 0 Å². The number of nitrogens with zero attached hydrogens (tertiary/aromatic N) is 1. The van der Waals surface area contributed by atoms with Crippen molar-refractivity contribution in [2.24, 2.45) is 0 Å². The molecule has 0 saturated heterocycles. The SMILES string of the molecule is CCCN(CC(NC)c1cc(C)ccc1C)C1CC1. The Labute approximate surface area is 118 Å². The van der Waals surface area contributed by atoms with Gasteiger partial charge in [0.2, 0.25) is 0 Å². The summed E-state index contributed by atoms with van der Waals surface area (Å²) in [7, 11) is 2.09. The van der Waals surface area contributed by atoms with E-state index < -0.39 is 0 Å². The first-order valence-electron chi connectivity index (χ1n) is 7.64. The third-order valence-electron chi connectivity index (χ3n) is 4.15. The summed E-state index contributed by atoms with van der Waals surface area (Å²) in [6.45, 7) is 9.05. The fraction of sp³-hybridized carbons (Fsp3) is 0.647. The van der Waals surface area contributed by atoms with Gasteiger partial charge in [0.05, 0.1) is 0 Å². The van der Waals surface area contributed by atoms with E-state index in [1.165, 1.54) is 42.5 Å². The van der Waals surface area contributed by atoms with Crippen LogP contribution in [0.3, 0.4) is 0 Å². The molecule has 1 aromatic carbocycles. The Bertz CT molecular complexity index is 410. The molecule has 1 aliphatic rings. The van der Waals surface area contributed by atoms with E-state index in [-0.39, 0.29) is 0 Å². The summed E-state index contributed by atoms with van der Waals surface area (Å²) in [6.07, 6.45) is 4.03. The normalized spacial score (nSPS) is 16.9. The largest absolute Gasteiger partial charge is 0.312 e. The first-order chi connectivity index (χ1) is 9.15. The Morgan fingerprint density at radius 1 is 1.32 bits per heavy atom.